The summed E-state index contributed by atoms with van der Waals surface area (Å²) in [5.74, 6) is -12.1. The van der Waals surface area contributed by atoms with Crippen LogP contribution in [0.15, 0.2) is 69.6 Å². The Bertz CT molecular complexity index is 3080. The Morgan fingerprint density at radius 1 is 0.475 bits per heavy atom. The van der Waals surface area contributed by atoms with Crippen molar-refractivity contribution < 1.29 is 72.9 Å². The maximum atomic E-state index is 14.7. The van der Waals surface area contributed by atoms with Gasteiger partial charge in [-0.2, -0.15) is 11.8 Å². The van der Waals surface area contributed by atoms with Crippen molar-refractivity contribution in [2.24, 2.45) is 72.5 Å². The van der Waals surface area contributed by atoms with E-state index in [-0.39, 0.29) is 113 Å². The molecular formula is C61H100N22O15S. The number of benzene rings is 2. The van der Waals surface area contributed by atoms with E-state index in [0.29, 0.717) is 16.9 Å². The van der Waals surface area contributed by atoms with Gasteiger partial charge in [0.05, 0.1) is 25.3 Å². The predicted molar refractivity (Wildman–Crippen MR) is 369 cm³/mol. The average Bonchev–Trinajstić information content (AvgIpc) is 0.871. The SMILES string of the molecule is CSCC[C@H](NC(=O)[C@H](CC(C)C)NC(=O)CNC(=O)[C@H](Cc1ccc(O)cc1)NC(=O)[C@H](Cc1ccccc1)NC(=O)[C@H](CCC(N)=O)NC(=O)[C@H](CCCN=C(N)N)NC(=O)[C@@H](NC(=O)[C@H](CCCN=C(N)N)NC(=O)[C@H](CO)NC(=O)[C@@H](N)CCCN=C(N)N)[C@@H](C)O)C(N)=O. The first-order chi connectivity index (χ1) is 46.7. The third-order valence-corrected chi connectivity index (χ3v) is 15.3. The number of carbonyl (C=O) groups excluding carboxylic acids is 12. The van der Waals surface area contributed by atoms with Gasteiger partial charge in [0.15, 0.2) is 17.9 Å². The van der Waals surface area contributed by atoms with Gasteiger partial charge in [-0.25, -0.2) is 0 Å². The number of nitrogens with two attached hydrogens (primary N) is 9. The predicted octanol–water partition coefficient (Wildman–Crippen LogP) is -7.93. The van der Waals surface area contributed by atoms with E-state index in [1.54, 1.807) is 44.2 Å². The van der Waals surface area contributed by atoms with E-state index in [4.69, 9.17) is 51.6 Å². The second-order valence-electron chi connectivity index (χ2n) is 23.5. The zero-order chi connectivity index (χ0) is 74.3. The molecule has 0 aromatic heterocycles. The highest BCUT2D eigenvalue weighted by molar-refractivity contribution is 7.98. The minimum atomic E-state index is -1.91. The summed E-state index contributed by atoms with van der Waals surface area (Å²) in [7, 11) is 0. The Hall–Kier alpha value is -10.1. The van der Waals surface area contributed by atoms with E-state index in [1.165, 1.54) is 36.0 Å². The number of hydrogen-bond donors (Lipinski definition) is 22. The number of hydrogen-bond acceptors (Lipinski definition) is 20. The molecule has 0 fully saturated rings. The number of amides is 12. The Kier molecular flexibility index (Phi) is 39.0. The van der Waals surface area contributed by atoms with Gasteiger partial charge in [0.2, 0.25) is 70.9 Å². The first-order valence-electron chi connectivity index (χ1n) is 31.8. The summed E-state index contributed by atoms with van der Waals surface area (Å²) in [4.78, 5) is 176. The first-order valence-corrected chi connectivity index (χ1v) is 33.2. The number of aliphatic hydroxyl groups excluding tert-OH is 2. The Morgan fingerprint density at radius 3 is 1.37 bits per heavy atom. The minimum absolute atomic E-state index is 0.0194. The molecule has 11 atom stereocenters. The lowest BCUT2D eigenvalue weighted by Crippen LogP contribution is -2.62. The smallest absolute Gasteiger partial charge is 0.245 e. The highest BCUT2D eigenvalue weighted by Crippen LogP contribution is 2.15. The standard InChI is InChI=1S/C61H100N22O15S/c1-32(2)27-42(55(95)76-38(49(64)89)22-26-99-4)75-47(88)30-74-51(91)43(29-35-16-18-36(86)19-17-35)80-56(96)44(28-34-11-6-5-7-12-34)81-53(93)41(20-21-46(63)87)78-52(92)39(14-9-24-72-60(67)68)79-58(98)48(33(3)85)83-54(94)40(15-10-25-73-61(69)70)77-57(97)45(31-84)82-50(90)37(62)13-8-23-71-59(65)66/h5-7,11-12,16-19,32-33,37-45,48,84-86H,8-10,13-15,20-31,62H2,1-4H3,(H2,63,87)(H2,64,89)(H,74,91)(H,75,88)(H,76,95)(H,77,97)(H,78,92)(H,79,98)(H,80,96)(H,81,93)(H,82,90)(H,83,94)(H4,65,66,71)(H4,67,68,72)(H4,69,70,73)/t33-,37+,38+,39+,40+,41+,42+,43+,44+,45+,48+/m1/s1. The fourth-order valence-electron chi connectivity index (χ4n) is 9.40. The fraction of sp³-hybridized carbons (Fsp3) is 0.557. The number of aliphatic hydroxyl groups is 2. The number of phenolic OH excluding ortho intramolecular Hbond substituents is 1. The fourth-order valence-corrected chi connectivity index (χ4v) is 9.87. The number of nitrogens with one attached hydrogen (secondary N) is 10. The number of phenols is 1. The van der Waals surface area contributed by atoms with Gasteiger partial charge in [-0.1, -0.05) is 56.3 Å². The summed E-state index contributed by atoms with van der Waals surface area (Å²) in [6.45, 7) is 2.99. The monoisotopic (exact) mass is 1410 g/mol. The molecule has 2 aromatic rings. The third-order valence-electron chi connectivity index (χ3n) is 14.6. The Balaban J connectivity index is 2.57. The van der Waals surface area contributed by atoms with E-state index in [1.807, 2.05) is 6.26 Å². The van der Waals surface area contributed by atoms with Crippen molar-refractivity contribution in [1.29, 1.82) is 0 Å². The second-order valence-corrected chi connectivity index (χ2v) is 24.5. The van der Waals surface area contributed by atoms with Gasteiger partial charge >= 0.3 is 0 Å². The molecule has 12 amide bonds. The summed E-state index contributed by atoms with van der Waals surface area (Å²) in [6, 6.07) is -1.18. The molecule has 2 aromatic carbocycles. The molecular weight excluding hydrogens is 1310 g/mol. The van der Waals surface area contributed by atoms with Crippen molar-refractivity contribution >= 4 is 101 Å². The van der Waals surface area contributed by atoms with E-state index in [2.05, 4.69) is 68.1 Å². The molecule has 0 bridgehead atoms. The van der Waals surface area contributed by atoms with Gasteiger partial charge in [0.25, 0.3) is 0 Å². The Labute approximate surface area is 577 Å². The second kappa shape index (κ2) is 45.4. The number of aromatic hydroxyl groups is 1. The van der Waals surface area contributed by atoms with E-state index < -0.39 is 163 Å². The van der Waals surface area contributed by atoms with Crippen LogP contribution < -0.4 is 105 Å². The van der Waals surface area contributed by atoms with Crippen molar-refractivity contribution in [3.05, 3.63) is 65.7 Å². The Morgan fingerprint density at radius 2 is 0.899 bits per heavy atom. The van der Waals surface area contributed by atoms with Crippen LogP contribution in [-0.4, -0.2) is 215 Å². The summed E-state index contributed by atoms with van der Waals surface area (Å²) < 4.78 is 0. The molecule has 0 spiro atoms. The molecule has 0 unspecified atom stereocenters. The van der Waals surface area contributed by atoms with Gasteiger partial charge in [-0.3, -0.25) is 72.5 Å². The van der Waals surface area contributed by atoms with Crippen LogP contribution in [0.1, 0.15) is 96.1 Å². The molecule has 2 rings (SSSR count). The molecule has 0 aliphatic carbocycles. The van der Waals surface area contributed by atoms with E-state index in [9.17, 15) is 72.9 Å². The quantitative estimate of drug-likeness (QED) is 0.0166. The number of rotatable bonds is 47. The topological polar surface area (TPSA) is 657 Å². The molecule has 0 saturated carbocycles. The van der Waals surface area contributed by atoms with Crippen LogP contribution in [-0.2, 0) is 70.4 Å². The van der Waals surface area contributed by atoms with Crippen LogP contribution in [0.25, 0.3) is 0 Å². The molecule has 31 N–H and O–H groups in total. The first kappa shape index (κ1) is 85.0. The molecule has 0 saturated heterocycles. The van der Waals surface area contributed by atoms with Gasteiger partial charge in [-0.05, 0) is 106 Å². The van der Waals surface area contributed by atoms with E-state index in [0.717, 1.165) is 6.92 Å². The molecule has 0 aliphatic rings. The van der Waals surface area contributed by atoms with Gasteiger partial charge < -0.3 is 120 Å². The van der Waals surface area contributed by atoms with Crippen LogP contribution in [0.5, 0.6) is 5.75 Å². The lowest BCUT2D eigenvalue weighted by molar-refractivity contribution is -0.137. The average molecular weight is 1410 g/mol. The van der Waals surface area contributed by atoms with Crippen molar-refractivity contribution in [2.45, 2.75) is 164 Å². The summed E-state index contributed by atoms with van der Waals surface area (Å²) in [6.07, 6.45) is -1.34. The van der Waals surface area contributed by atoms with Crippen LogP contribution in [0.2, 0.25) is 0 Å². The summed E-state index contributed by atoms with van der Waals surface area (Å²) in [5, 5.41) is 56.1. The maximum Gasteiger partial charge on any atom is 0.245 e. The third kappa shape index (κ3) is 34.6. The van der Waals surface area contributed by atoms with Crippen LogP contribution >= 0.6 is 11.8 Å². The molecule has 38 heteroatoms. The number of carbonyl (C=O) groups is 12. The van der Waals surface area contributed by atoms with Crippen molar-refractivity contribution in [2.75, 3.05) is 44.8 Å². The molecule has 99 heavy (non-hydrogen) atoms. The van der Waals surface area contributed by atoms with Crippen molar-refractivity contribution in [3.8, 4) is 5.75 Å². The number of primary amides is 2. The number of thioether (sulfide) groups is 1. The molecule has 0 radical (unpaired) electrons. The minimum Gasteiger partial charge on any atom is -0.508 e. The van der Waals surface area contributed by atoms with Crippen LogP contribution in [0, 0.1) is 5.92 Å². The number of nitrogens with zero attached hydrogens (tertiary/aromatic N) is 3. The zero-order valence-electron chi connectivity index (χ0n) is 56.0. The van der Waals surface area contributed by atoms with Gasteiger partial charge in [-0.15, -0.1) is 0 Å². The van der Waals surface area contributed by atoms with Crippen molar-refractivity contribution in [1.82, 2.24) is 53.2 Å². The molecule has 0 heterocycles. The number of aliphatic imine (C=N–C) groups is 3. The number of guanidine groups is 3. The van der Waals surface area contributed by atoms with E-state index >= 15 is 0 Å². The normalized spacial score (nSPS) is 14.3. The maximum absolute atomic E-state index is 14.7. The van der Waals surface area contributed by atoms with Gasteiger partial charge in [0, 0.05) is 38.9 Å². The van der Waals surface area contributed by atoms with Crippen LogP contribution in [0.3, 0.4) is 0 Å². The van der Waals surface area contributed by atoms with Gasteiger partial charge in [0.1, 0.15) is 60.1 Å². The highest BCUT2D eigenvalue weighted by Gasteiger charge is 2.37. The zero-order valence-corrected chi connectivity index (χ0v) is 56.9. The van der Waals surface area contributed by atoms with Crippen LogP contribution in [0.4, 0.5) is 0 Å². The summed E-state index contributed by atoms with van der Waals surface area (Å²) >= 11 is 1.43. The largest absolute Gasteiger partial charge is 0.508 e. The summed E-state index contributed by atoms with van der Waals surface area (Å²) in [5.41, 5.74) is 50.7. The lowest BCUT2D eigenvalue weighted by Gasteiger charge is -2.29. The lowest BCUT2D eigenvalue weighted by atomic mass is 10.0. The molecule has 37 nitrogen and oxygen atoms in total. The van der Waals surface area contributed by atoms with Crippen molar-refractivity contribution in [3.63, 3.8) is 0 Å². The molecule has 550 valence electrons. The highest BCUT2D eigenvalue weighted by atomic mass is 32.2. The molecule has 0 aliphatic heterocycles.